The van der Waals surface area contributed by atoms with Crippen molar-refractivity contribution >= 4 is 5.91 Å². The van der Waals surface area contributed by atoms with Crippen molar-refractivity contribution in [2.24, 2.45) is 0 Å². The quantitative estimate of drug-likeness (QED) is 0.698. The molecule has 0 bridgehead atoms. The zero-order valence-corrected chi connectivity index (χ0v) is 10.8. The van der Waals surface area contributed by atoms with Crippen LogP contribution < -0.4 is 10.6 Å². The van der Waals surface area contributed by atoms with E-state index in [0.717, 1.165) is 19.6 Å². The smallest absolute Gasteiger partial charge is 0.234 e. The van der Waals surface area contributed by atoms with Crippen molar-refractivity contribution in [3.8, 4) is 0 Å². The van der Waals surface area contributed by atoms with Crippen molar-refractivity contribution in [1.82, 2.24) is 15.5 Å². The highest BCUT2D eigenvalue weighted by Crippen LogP contribution is 2.06. The van der Waals surface area contributed by atoms with Crippen LogP contribution in [0.5, 0.6) is 0 Å². The van der Waals surface area contributed by atoms with E-state index >= 15 is 0 Å². The van der Waals surface area contributed by atoms with Gasteiger partial charge in [-0.15, -0.1) is 0 Å². The van der Waals surface area contributed by atoms with E-state index in [1.807, 2.05) is 13.8 Å². The third-order valence-electron chi connectivity index (χ3n) is 2.91. The molecule has 0 aromatic rings. The lowest BCUT2D eigenvalue weighted by Crippen LogP contribution is -2.44. The largest absolute Gasteiger partial charge is 0.353 e. The maximum atomic E-state index is 11.6. The van der Waals surface area contributed by atoms with Gasteiger partial charge in [-0.25, -0.2) is 0 Å². The lowest BCUT2D eigenvalue weighted by Gasteiger charge is -2.24. The van der Waals surface area contributed by atoms with Gasteiger partial charge in [0.05, 0.1) is 6.54 Å². The van der Waals surface area contributed by atoms with Crippen LogP contribution in [-0.4, -0.2) is 49.1 Å². The Morgan fingerprint density at radius 2 is 2.31 bits per heavy atom. The molecule has 1 aliphatic heterocycles. The van der Waals surface area contributed by atoms with Gasteiger partial charge in [0, 0.05) is 18.6 Å². The van der Waals surface area contributed by atoms with E-state index in [0.29, 0.717) is 12.6 Å². The molecule has 1 unspecified atom stereocenters. The third-order valence-corrected chi connectivity index (χ3v) is 2.91. The summed E-state index contributed by atoms with van der Waals surface area (Å²) >= 11 is 0. The number of amides is 1. The molecule has 4 heteroatoms. The summed E-state index contributed by atoms with van der Waals surface area (Å²) < 4.78 is 0. The SMILES string of the molecule is CCN(CC(=O)NC(C)C)CC1CCCN1. The molecule has 1 atom stereocenters. The fourth-order valence-electron chi connectivity index (χ4n) is 2.10. The zero-order chi connectivity index (χ0) is 12.0. The van der Waals surface area contributed by atoms with Gasteiger partial charge in [-0.3, -0.25) is 9.69 Å². The molecule has 4 nitrogen and oxygen atoms in total. The molecule has 0 radical (unpaired) electrons. The Balaban J connectivity index is 2.27. The van der Waals surface area contributed by atoms with Gasteiger partial charge in [-0.2, -0.15) is 0 Å². The van der Waals surface area contributed by atoms with Gasteiger partial charge in [0.25, 0.3) is 0 Å². The molecule has 0 aliphatic carbocycles. The number of hydrogen-bond acceptors (Lipinski definition) is 3. The summed E-state index contributed by atoms with van der Waals surface area (Å²) in [6.45, 7) is 9.66. The van der Waals surface area contributed by atoms with Gasteiger partial charge in [0.2, 0.25) is 5.91 Å². The number of nitrogens with one attached hydrogen (secondary N) is 2. The van der Waals surface area contributed by atoms with E-state index in [9.17, 15) is 4.79 Å². The van der Waals surface area contributed by atoms with Crippen LogP contribution in [0.1, 0.15) is 33.6 Å². The molecule has 1 rings (SSSR count). The molecule has 2 N–H and O–H groups in total. The predicted molar refractivity (Wildman–Crippen MR) is 66.4 cm³/mol. The Labute approximate surface area is 98.8 Å². The monoisotopic (exact) mass is 227 g/mol. The number of rotatable bonds is 6. The Morgan fingerprint density at radius 3 is 2.81 bits per heavy atom. The molecule has 0 saturated carbocycles. The van der Waals surface area contributed by atoms with Crippen LogP contribution in [0, 0.1) is 0 Å². The Hall–Kier alpha value is -0.610. The second kappa shape index (κ2) is 6.86. The van der Waals surface area contributed by atoms with Crippen molar-refractivity contribution < 1.29 is 4.79 Å². The minimum Gasteiger partial charge on any atom is -0.353 e. The average Bonchev–Trinajstić information content (AvgIpc) is 2.68. The van der Waals surface area contributed by atoms with E-state index in [2.05, 4.69) is 22.5 Å². The molecule has 16 heavy (non-hydrogen) atoms. The highest BCUT2D eigenvalue weighted by atomic mass is 16.2. The van der Waals surface area contributed by atoms with Gasteiger partial charge in [-0.1, -0.05) is 6.92 Å². The van der Waals surface area contributed by atoms with Crippen molar-refractivity contribution in [1.29, 1.82) is 0 Å². The maximum Gasteiger partial charge on any atom is 0.234 e. The molecule has 0 aromatic heterocycles. The fraction of sp³-hybridized carbons (Fsp3) is 0.917. The Bertz CT molecular complexity index is 212. The number of carbonyl (C=O) groups is 1. The van der Waals surface area contributed by atoms with E-state index in [-0.39, 0.29) is 11.9 Å². The second-order valence-corrected chi connectivity index (χ2v) is 4.84. The average molecular weight is 227 g/mol. The number of likely N-dealkylation sites (N-methyl/N-ethyl adjacent to an activating group) is 1. The van der Waals surface area contributed by atoms with Gasteiger partial charge in [-0.05, 0) is 39.8 Å². The van der Waals surface area contributed by atoms with E-state index in [4.69, 9.17) is 0 Å². The Morgan fingerprint density at radius 1 is 1.56 bits per heavy atom. The van der Waals surface area contributed by atoms with E-state index < -0.39 is 0 Å². The normalized spacial score (nSPS) is 20.7. The molecule has 94 valence electrons. The summed E-state index contributed by atoms with van der Waals surface area (Å²) in [6.07, 6.45) is 2.50. The van der Waals surface area contributed by atoms with Gasteiger partial charge in [0.15, 0.2) is 0 Å². The zero-order valence-electron chi connectivity index (χ0n) is 10.8. The van der Waals surface area contributed by atoms with Crippen LogP contribution in [-0.2, 0) is 4.79 Å². The summed E-state index contributed by atoms with van der Waals surface area (Å²) in [5, 5.41) is 6.39. The summed E-state index contributed by atoms with van der Waals surface area (Å²) in [5.74, 6) is 0.134. The first kappa shape index (κ1) is 13.5. The van der Waals surface area contributed by atoms with E-state index in [1.165, 1.54) is 12.8 Å². The van der Waals surface area contributed by atoms with Gasteiger partial charge >= 0.3 is 0 Å². The van der Waals surface area contributed by atoms with Crippen LogP contribution in [0.3, 0.4) is 0 Å². The Kier molecular flexibility index (Phi) is 5.77. The fourth-order valence-corrected chi connectivity index (χ4v) is 2.10. The van der Waals surface area contributed by atoms with Crippen LogP contribution in [0.25, 0.3) is 0 Å². The highest BCUT2D eigenvalue weighted by Gasteiger charge is 2.18. The first-order valence-electron chi connectivity index (χ1n) is 6.37. The van der Waals surface area contributed by atoms with Gasteiger partial charge in [0.1, 0.15) is 0 Å². The molecule has 1 saturated heterocycles. The molecule has 1 aliphatic rings. The minimum absolute atomic E-state index is 0.134. The topological polar surface area (TPSA) is 44.4 Å². The standard InChI is InChI=1S/C12H25N3O/c1-4-15(8-11-6-5-7-13-11)9-12(16)14-10(2)3/h10-11,13H,4-9H2,1-3H3,(H,14,16). The second-order valence-electron chi connectivity index (χ2n) is 4.84. The van der Waals surface area contributed by atoms with Gasteiger partial charge < -0.3 is 10.6 Å². The van der Waals surface area contributed by atoms with Crippen molar-refractivity contribution in [2.45, 2.75) is 45.7 Å². The van der Waals surface area contributed by atoms with Crippen LogP contribution >= 0.6 is 0 Å². The predicted octanol–water partition coefficient (Wildman–Crippen LogP) is 0.585. The molecule has 1 amide bonds. The molecule has 1 fully saturated rings. The van der Waals surface area contributed by atoms with Crippen LogP contribution in [0.2, 0.25) is 0 Å². The first-order valence-corrected chi connectivity index (χ1v) is 6.37. The summed E-state index contributed by atoms with van der Waals surface area (Å²) in [7, 11) is 0. The van der Waals surface area contributed by atoms with E-state index in [1.54, 1.807) is 0 Å². The van der Waals surface area contributed by atoms with Crippen molar-refractivity contribution in [3.63, 3.8) is 0 Å². The molecular formula is C12H25N3O. The number of carbonyl (C=O) groups excluding carboxylic acids is 1. The first-order chi connectivity index (χ1) is 7.61. The summed E-state index contributed by atoms with van der Waals surface area (Å²) in [4.78, 5) is 13.8. The summed E-state index contributed by atoms with van der Waals surface area (Å²) in [6, 6.07) is 0.808. The maximum absolute atomic E-state index is 11.6. The number of hydrogen-bond donors (Lipinski definition) is 2. The number of nitrogens with zero attached hydrogens (tertiary/aromatic N) is 1. The van der Waals surface area contributed by atoms with Crippen LogP contribution in [0.4, 0.5) is 0 Å². The lowest BCUT2D eigenvalue weighted by molar-refractivity contribution is -0.122. The molecule has 1 heterocycles. The van der Waals surface area contributed by atoms with Crippen LogP contribution in [0.15, 0.2) is 0 Å². The molecular weight excluding hydrogens is 202 g/mol. The summed E-state index contributed by atoms with van der Waals surface area (Å²) in [5.41, 5.74) is 0. The molecule has 0 aromatic carbocycles. The van der Waals surface area contributed by atoms with Crippen molar-refractivity contribution in [2.75, 3.05) is 26.2 Å². The highest BCUT2D eigenvalue weighted by molar-refractivity contribution is 5.78. The molecule has 0 spiro atoms. The van der Waals surface area contributed by atoms with Crippen molar-refractivity contribution in [3.05, 3.63) is 0 Å². The lowest BCUT2D eigenvalue weighted by atomic mass is 10.2. The minimum atomic E-state index is 0.134. The third kappa shape index (κ3) is 4.94.